The Morgan fingerprint density at radius 1 is 0.958 bits per heavy atom. The monoisotopic (exact) mass is 339 g/mol. The van der Waals surface area contributed by atoms with Crippen molar-refractivity contribution in [3.8, 4) is 11.4 Å². The molecule has 122 valence electrons. The zero-order chi connectivity index (χ0) is 16.8. The van der Waals surface area contributed by atoms with Crippen LogP contribution in [0.5, 0.6) is 0 Å². The maximum absolute atomic E-state index is 6.20. The van der Waals surface area contributed by atoms with Gasteiger partial charge in [-0.05, 0) is 30.7 Å². The summed E-state index contributed by atoms with van der Waals surface area (Å²) < 4.78 is 0. The molecular weight excluding hydrogens is 322 g/mol. The molecular formula is C18H18ClN5. The van der Waals surface area contributed by atoms with Crippen LogP contribution in [0.1, 0.15) is 12.5 Å². The molecule has 1 aromatic carbocycles. The van der Waals surface area contributed by atoms with Crippen molar-refractivity contribution >= 4 is 23.4 Å². The van der Waals surface area contributed by atoms with E-state index in [9.17, 15) is 0 Å². The van der Waals surface area contributed by atoms with Gasteiger partial charge in [-0.2, -0.15) is 4.98 Å². The van der Waals surface area contributed by atoms with Crippen LogP contribution in [0.25, 0.3) is 11.4 Å². The molecule has 3 rings (SSSR count). The zero-order valence-electron chi connectivity index (χ0n) is 13.3. The molecule has 0 saturated carbocycles. The second-order valence-electron chi connectivity index (χ2n) is 5.15. The van der Waals surface area contributed by atoms with Gasteiger partial charge in [-0.15, -0.1) is 0 Å². The van der Waals surface area contributed by atoms with Gasteiger partial charge in [0.15, 0.2) is 0 Å². The van der Waals surface area contributed by atoms with E-state index in [0.717, 1.165) is 34.3 Å². The smallest absolute Gasteiger partial charge is 0.225 e. The maximum Gasteiger partial charge on any atom is 0.225 e. The maximum atomic E-state index is 6.20. The molecule has 2 heterocycles. The Hall–Kier alpha value is -2.66. The fourth-order valence-electron chi connectivity index (χ4n) is 2.25. The fourth-order valence-corrected chi connectivity index (χ4v) is 2.45. The third kappa shape index (κ3) is 4.00. The Labute approximate surface area is 146 Å². The van der Waals surface area contributed by atoms with E-state index < -0.39 is 0 Å². The highest BCUT2D eigenvalue weighted by Gasteiger charge is 2.08. The first-order chi connectivity index (χ1) is 11.8. The minimum Gasteiger partial charge on any atom is -0.366 e. The number of hydrogen-bond donors (Lipinski definition) is 2. The van der Waals surface area contributed by atoms with Crippen LogP contribution in [-0.4, -0.2) is 21.5 Å². The molecule has 2 aromatic heterocycles. The van der Waals surface area contributed by atoms with Gasteiger partial charge in [0, 0.05) is 30.4 Å². The van der Waals surface area contributed by atoms with Crippen molar-refractivity contribution in [1.82, 2.24) is 15.0 Å². The van der Waals surface area contributed by atoms with Crippen molar-refractivity contribution in [1.29, 1.82) is 0 Å². The molecule has 0 bridgehead atoms. The van der Waals surface area contributed by atoms with E-state index in [1.54, 1.807) is 6.20 Å². The summed E-state index contributed by atoms with van der Waals surface area (Å²) in [6.07, 6.45) is 1.75. The highest BCUT2D eigenvalue weighted by atomic mass is 35.5. The van der Waals surface area contributed by atoms with Crippen molar-refractivity contribution < 1.29 is 0 Å². The summed E-state index contributed by atoms with van der Waals surface area (Å²) in [6, 6.07) is 15.4. The lowest BCUT2D eigenvalue weighted by molar-refractivity contribution is 1.05. The summed E-state index contributed by atoms with van der Waals surface area (Å²) in [5.41, 5.74) is 2.59. The minimum absolute atomic E-state index is 0.572. The number of benzene rings is 1. The Bertz CT molecular complexity index is 808. The van der Waals surface area contributed by atoms with Crippen molar-refractivity contribution in [2.24, 2.45) is 0 Å². The molecule has 0 aliphatic heterocycles. The van der Waals surface area contributed by atoms with E-state index in [2.05, 4.69) is 25.6 Å². The van der Waals surface area contributed by atoms with Crippen LogP contribution >= 0.6 is 11.6 Å². The number of pyridine rings is 1. The lowest BCUT2D eigenvalue weighted by Gasteiger charge is -2.11. The molecule has 24 heavy (non-hydrogen) atoms. The summed E-state index contributed by atoms with van der Waals surface area (Å²) in [5, 5.41) is 7.19. The number of rotatable bonds is 6. The molecule has 0 saturated heterocycles. The number of nitrogens with zero attached hydrogens (tertiary/aromatic N) is 3. The normalized spacial score (nSPS) is 10.4. The lowest BCUT2D eigenvalue weighted by atomic mass is 10.2. The van der Waals surface area contributed by atoms with Crippen LogP contribution in [0.4, 0.5) is 11.8 Å². The minimum atomic E-state index is 0.572. The van der Waals surface area contributed by atoms with Gasteiger partial charge >= 0.3 is 0 Å². The molecule has 3 aromatic rings. The van der Waals surface area contributed by atoms with E-state index in [-0.39, 0.29) is 0 Å². The van der Waals surface area contributed by atoms with E-state index >= 15 is 0 Å². The van der Waals surface area contributed by atoms with Crippen LogP contribution < -0.4 is 10.6 Å². The second kappa shape index (κ2) is 7.75. The topological polar surface area (TPSA) is 62.7 Å². The Morgan fingerprint density at radius 2 is 1.79 bits per heavy atom. The van der Waals surface area contributed by atoms with Crippen molar-refractivity contribution in [3.05, 3.63) is 65.3 Å². The zero-order valence-corrected chi connectivity index (χ0v) is 14.1. The predicted molar refractivity (Wildman–Crippen MR) is 98.2 cm³/mol. The summed E-state index contributed by atoms with van der Waals surface area (Å²) in [5.74, 6) is 1.30. The fraction of sp³-hybridized carbons (Fsp3) is 0.167. The quantitative estimate of drug-likeness (QED) is 0.703. The number of anilines is 2. The van der Waals surface area contributed by atoms with Crippen LogP contribution in [0.15, 0.2) is 54.7 Å². The van der Waals surface area contributed by atoms with E-state index in [4.69, 9.17) is 11.6 Å². The van der Waals surface area contributed by atoms with Gasteiger partial charge in [0.2, 0.25) is 5.95 Å². The van der Waals surface area contributed by atoms with Gasteiger partial charge in [-0.1, -0.05) is 35.9 Å². The molecule has 2 N–H and O–H groups in total. The molecule has 0 unspecified atom stereocenters. The van der Waals surface area contributed by atoms with Crippen LogP contribution in [-0.2, 0) is 6.54 Å². The first kappa shape index (κ1) is 16.2. The van der Waals surface area contributed by atoms with Gasteiger partial charge in [-0.3, -0.25) is 4.98 Å². The lowest BCUT2D eigenvalue weighted by Crippen LogP contribution is -2.08. The SMILES string of the molecule is CCNc1nc(NCc2ccccc2Cl)cc(-c2ccccn2)n1. The predicted octanol–water partition coefficient (Wildman–Crippen LogP) is 4.24. The van der Waals surface area contributed by atoms with Crippen LogP contribution in [0.3, 0.4) is 0 Å². The summed E-state index contributed by atoms with van der Waals surface area (Å²) >= 11 is 6.20. The molecule has 0 aliphatic rings. The average molecular weight is 340 g/mol. The first-order valence-corrected chi connectivity index (χ1v) is 8.15. The molecule has 0 radical (unpaired) electrons. The summed E-state index contributed by atoms with van der Waals surface area (Å²) in [4.78, 5) is 13.4. The third-order valence-corrected chi connectivity index (χ3v) is 3.77. The molecule has 0 spiro atoms. The van der Waals surface area contributed by atoms with E-state index in [0.29, 0.717) is 12.5 Å². The molecule has 0 aliphatic carbocycles. The number of aromatic nitrogens is 3. The van der Waals surface area contributed by atoms with Crippen molar-refractivity contribution in [3.63, 3.8) is 0 Å². The highest BCUT2D eigenvalue weighted by molar-refractivity contribution is 6.31. The van der Waals surface area contributed by atoms with Crippen molar-refractivity contribution in [2.45, 2.75) is 13.5 Å². The summed E-state index contributed by atoms with van der Waals surface area (Å²) in [7, 11) is 0. The number of hydrogen-bond acceptors (Lipinski definition) is 5. The Balaban J connectivity index is 1.86. The van der Waals surface area contributed by atoms with E-state index in [1.165, 1.54) is 0 Å². The molecule has 5 nitrogen and oxygen atoms in total. The largest absolute Gasteiger partial charge is 0.366 e. The second-order valence-corrected chi connectivity index (χ2v) is 5.56. The molecule has 6 heteroatoms. The Morgan fingerprint density at radius 3 is 2.54 bits per heavy atom. The van der Waals surface area contributed by atoms with Gasteiger partial charge in [-0.25, -0.2) is 4.98 Å². The van der Waals surface area contributed by atoms with Crippen molar-refractivity contribution in [2.75, 3.05) is 17.2 Å². The third-order valence-electron chi connectivity index (χ3n) is 3.41. The standard InChI is InChI=1S/C18H18ClN5/c1-2-20-18-23-16(15-9-5-6-10-21-15)11-17(24-18)22-12-13-7-3-4-8-14(13)19/h3-11H,2,12H2,1H3,(H2,20,22,23,24). The van der Waals surface area contributed by atoms with Gasteiger partial charge in [0.1, 0.15) is 5.82 Å². The van der Waals surface area contributed by atoms with Gasteiger partial charge in [0.05, 0.1) is 11.4 Å². The van der Waals surface area contributed by atoms with Gasteiger partial charge in [0.25, 0.3) is 0 Å². The average Bonchev–Trinajstić information content (AvgIpc) is 2.62. The van der Waals surface area contributed by atoms with Crippen LogP contribution in [0, 0.1) is 0 Å². The molecule has 0 amide bonds. The van der Waals surface area contributed by atoms with Crippen LogP contribution in [0.2, 0.25) is 5.02 Å². The molecule has 0 atom stereocenters. The first-order valence-electron chi connectivity index (χ1n) is 7.78. The molecule has 0 fully saturated rings. The number of nitrogens with one attached hydrogen (secondary N) is 2. The Kier molecular flexibility index (Phi) is 5.23. The highest BCUT2D eigenvalue weighted by Crippen LogP contribution is 2.21. The summed E-state index contributed by atoms with van der Waals surface area (Å²) in [6.45, 7) is 3.34. The van der Waals surface area contributed by atoms with Gasteiger partial charge < -0.3 is 10.6 Å². The number of halogens is 1. The van der Waals surface area contributed by atoms with E-state index in [1.807, 2.05) is 55.5 Å².